The second kappa shape index (κ2) is 8.27. The molecule has 150 valence electrons. The number of esters is 1. The largest absolute Gasteiger partial charge is 0.468 e. The smallest absolute Gasteiger partial charge is 0.325 e. The van der Waals surface area contributed by atoms with Crippen molar-refractivity contribution in [2.75, 3.05) is 7.11 Å². The number of sulfonamides is 1. The van der Waals surface area contributed by atoms with Crippen LogP contribution in [0.1, 0.15) is 17.3 Å². The fourth-order valence-corrected chi connectivity index (χ4v) is 3.46. The molecule has 9 heteroatoms. The van der Waals surface area contributed by atoms with Gasteiger partial charge in [-0.1, -0.05) is 42.5 Å². The van der Waals surface area contributed by atoms with E-state index >= 15 is 0 Å². The normalized spacial score (nSPS) is 12.2. The fourth-order valence-electron chi connectivity index (χ4n) is 2.57. The lowest BCUT2D eigenvalue weighted by molar-refractivity contribution is -0.139. The Morgan fingerprint density at radius 2 is 1.72 bits per heavy atom. The van der Waals surface area contributed by atoms with Gasteiger partial charge in [-0.05, 0) is 19.1 Å². The van der Waals surface area contributed by atoms with Gasteiger partial charge in [0.2, 0.25) is 15.9 Å². The van der Waals surface area contributed by atoms with E-state index in [4.69, 9.17) is 4.42 Å². The van der Waals surface area contributed by atoms with Crippen LogP contribution in [0.3, 0.4) is 0 Å². The average Bonchev–Trinajstić information content (AvgIpc) is 3.23. The summed E-state index contributed by atoms with van der Waals surface area (Å²) >= 11 is 0. The van der Waals surface area contributed by atoms with Crippen molar-refractivity contribution >= 4 is 21.9 Å². The first-order valence-electron chi connectivity index (χ1n) is 8.58. The molecule has 0 saturated heterocycles. The van der Waals surface area contributed by atoms with Crippen LogP contribution >= 0.6 is 0 Å². The number of aromatic nitrogens is 1. The molecule has 1 N–H and O–H groups in total. The molecule has 8 nitrogen and oxygen atoms in total. The molecule has 1 amide bonds. The van der Waals surface area contributed by atoms with Gasteiger partial charge in [-0.3, -0.25) is 9.59 Å². The molecule has 2 aromatic carbocycles. The third-order valence-electron chi connectivity index (χ3n) is 4.20. The minimum absolute atomic E-state index is 0.0367. The Balaban J connectivity index is 1.91. The summed E-state index contributed by atoms with van der Waals surface area (Å²) in [4.78, 5) is 28.4. The Morgan fingerprint density at radius 3 is 2.41 bits per heavy atom. The summed E-state index contributed by atoms with van der Waals surface area (Å²) in [7, 11) is -3.21. The van der Waals surface area contributed by atoms with E-state index in [1.165, 1.54) is 12.3 Å². The van der Waals surface area contributed by atoms with E-state index in [2.05, 4.69) is 9.72 Å². The van der Waals surface area contributed by atoms with Crippen molar-refractivity contribution in [3.05, 3.63) is 66.4 Å². The second-order valence-electron chi connectivity index (χ2n) is 6.08. The van der Waals surface area contributed by atoms with Gasteiger partial charge in [0.15, 0.2) is 11.0 Å². The van der Waals surface area contributed by atoms with E-state index in [0.717, 1.165) is 19.6 Å². The predicted octanol–water partition coefficient (Wildman–Crippen LogP) is 2.63. The van der Waals surface area contributed by atoms with Crippen molar-refractivity contribution in [1.29, 1.82) is 0 Å². The van der Waals surface area contributed by atoms with E-state index in [1.807, 2.05) is 35.1 Å². The van der Waals surface area contributed by atoms with Crippen molar-refractivity contribution in [3.8, 4) is 22.8 Å². The lowest BCUT2D eigenvalue weighted by Crippen LogP contribution is -2.41. The summed E-state index contributed by atoms with van der Waals surface area (Å²) in [6.07, 6.45) is 1.52. The lowest BCUT2D eigenvalue weighted by Gasteiger charge is -2.13. The molecule has 0 fully saturated rings. The molecule has 0 aliphatic heterocycles. The zero-order valence-electron chi connectivity index (χ0n) is 15.7. The van der Waals surface area contributed by atoms with Gasteiger partial charge in [-0.15, -0.1) is 0 Å². The zero-order valence-corrected chi connectivity index (χ0v) is 16.5. The van der Waals surface area contributed by atoms with Crippen molar-refractivity contribution in [2.24, 2.45) is 0 Å². The van der Waals surface area contributed by atoms with Crippen molar-refractivity contribution in [2.45, 2.75) is 12.2 Å². The number of benzene rings is 2. The summed E-state index contributed by atoms with van der Waals surface area (Å²) in [5.41, 5.74) is 1.16. The van der Waals surface area contributed by atoms with E-state index < -0.39 is 27.1 Å². The van der Waals surface area contributed by atoms with E-state index in [-0.39, 0.29) is 11.5 Å². The number of carbonyl (C=O) groups is 2. The van der Waals surface area contributed by atoms with Gasteiger partial charge in [-0.2, -0.15) is 0 Å². The maximum Gasteiger partial charge on any atom is 0.325 e. The molecule has 0 spiro atoms. The standard InChI is InChI=1S/C20H18N2O6S/c1-13(20(24)27-2)29(25,26)22-18(23)15-10-6-7-11-16(15)19-21-12-17(28-19)14-8-4-3-5-9-14/h3-13H,1-2H3,(H,22,23)/t13-/m1/s1. The van der Waals surface area contributed by atoms with Crippen LogP contribution in [-0.2, 0) is 19.6 Å². The SMILES string of the molecule is COC(=O)[C@@H](C)S(=O)(=O)NC(=O)c1ccccc1-c1ncc(-c2ccccc2)o1. The monoisotopic (exact) mass is 414 g/mol. The highest BCUT2D eigenvalue weighted by Gasteiger charge is 2.31. The van der Waals surface area contributed by atoms with Crippen LogP contribution in [0.4, 0.5) is 0 Å². The van der Waals surface area contributed by atoms with Crippen LogP contribution in [0.15, 0.2) is 65.2 Å². The molecule has 3 aromatic rings. The highest BCUT2D eigenvalue weighted by molar-refractivity contribution is 7.91. The number of methoxy groups -OCH3 is 1. The molecular formula is C20H18N2O6S. The maximum atomic E-state index is 12.6. The number of carbonyl (C=O) groups excluding carboxylic acids is 2. The quantitative estimate of drug-likeness (QED) is 0.617. The number of hydrogen-bond donors (Lipinski definition) is 1. The molecule has 29 heavy (non-hydrogen) atoms. The fraction of sp³-hybridized carbons (Fsp3) is 0.150. The van der Waals surface area contributed by atoms with Crippen LogP contribution in [0.5, 0.6) is 0 Å². The van der Waals surface area contributed by atoms with Crippen LogP contribution in [0.25, 0.3) is 22.8 Å². The highest BCUT2D eigenvalue weighted by atomic mass is 32.2. The number of nitrogens with one attached hydrogen (secondary N) is 1. The highest BCUT2D eigenvalue weighted by Crippen LogP contribution is 2.28. The molecule has 1 atom stereocenters. The van der Waals surface area contributed by atoms with Crippen LogP contribution < -0.4 is 4.72 Å². The van der Waals surface area contributed by atoms with Gasteiger partial charge in [0.1, 0.15) is 0 Å². The Kier molecular flexibility index (Phi) is 5.79. The summed E-state index contributed by atoms with van der Waals surface area (Å²) in [5.74, 6) is -1.22. The Labute approximate surface area is 167 Å². The van der Waals surface area contributed by atoms with Gasteiger partial charge in [-0.25, -0.2) is 18.1 Å². The Hall–Kier alpha value is -3.46. The number of nitrogens with zero attached hydrogens (tertiary/aromatic N) is 1. The topological polar surface area (TPSA) is 116 Å². The lowest BCUT2D eigenvalue weighted by atomic mass is 10.1. The number of hydrogen-bond acceptors (Lipinski definition) is 7. The van der Waals surface area contributed by atoms with E-state index in [9.17, 15) is 18.0 Å². The zero-order chi connectivity index (χ0) is 21.0. The second-order valence-corrected chi connectivity index (χ2v) is 8.08. The van der Waals surface area contributed by atoms with Crippen molar-refractivity contribution < 1.29 is 27.2 Å². The number of amides is 1. The molecule has 0 unspecified atom stereocenters. The molecule has 0 radical (unpaired) electrons. The third kappa shape index (κ3) is 4.35. The van der Waals surface area contributed by atoms with Crippen LogP contribution in [-0.4, -0.2) is 37.6 Å². The van der Waals surface area contributed by atoms with Gasteiger partial charge >= 0.3 is 5.97 Å². The first-order chi connectivity index (χ1) is 13.8. The third-order valence-corrected chi connectivity index (χ3v) is 5.79. The molecule has 1 heterocycles. The summed E-state index contributed by atoms with van der Waals surface area (Å²) < 4.78 is 36.7. The van der Waals surface area contributed by atoms with Crippen LogP contribution in [0.2, 0.25) is 0 Å². The minimum Gasteiger partial charge on any atom is -0.468 e. The van der Waals surface area contributed by atoms with E-state index in [1.54, 1.807) is 18.2 Å². The first kappa shape index (κ1) is 20.3. The summed E-state index contributed by atoms with van der Waals surface area (Å²) in [6.45, 7) is 1.13. The van der Waals surface area contributed by atoms with Gasteiger partial charge in [0, 0.05) is 11.1 Å². The van der Waals surface area contributed by atoms with Crippen molar-refractivity contribution in [1.82, 2.24) is 9.71 Å². The first-order valence-corrected chi connectivity index (χ1v) is 10.1. The Morgan fingerprint density at radius 1 is 1.07 bits per heavy atom. The summed E-state index contributed by atoms with van der Waals surface area (Å²) in [5, 5.41) is -1.55. The Bertz CT molecular complexity index is 1140. The van der Waals surface area contributed by atoms with Gasteiger partial charge < -0.3 is 9.15 Å². The van der Waals surface area contributed by atoms with Gasteiger partial charge in [0.25, 0.3) is 5.91 Å². The minimum atomic E-state index is -4.28. The molecule has 3 rings (SSSR count). The van der Waals surface area contributed by atoms with E-state index in [0.29, 0.717) is 11.3 Å². The summed E-state index contributed by atoms with van der Waals surface area (Å²) in [6, 6.07) is 15.6. The molecule has 0 saturated carbocycles. The van der Waals surface area contributed by atoms with Crippen LogP contribution in [0, 0.1) is 0 Å². The molecule has 0 aliphatic rings. The predicted molar refractivity (Wildman–Crippen MR) is 105 cm³/mol. The molecule has 0 bridgehead atoms. The number of rotatable bonds is 6. The molecule has 0 aliphatic carbocycles. The van der Waals surface area contributed by atoms with Gasteiger partial charge in [0.05, 0.1) is 18.9 Å². The van der Waals surface area contributed by atoms with Crippen molar-refractivity contribution in [3.63, 3.8) is 0 Å². The number of oxazole rings is 1. The average molecular weight is 414 g/mol. The maximum absolute atomic E-state index is 12.6. The molecule has 1 aromatic heterocycles. The molecular weight excluding hydrogens is 396 g/mol. The number of ether oxygens (including phenoxy) is 1.